The lowest BCUT2D eigenvalue weighted by Gasteiger charge is -2.07. The van der Waals surface area contributed by atoms with Crippen LogP contribution in [0.4, 0.5) is 0 Å². The van der Waals surface area contributed by atoms with E-state index in [1.54, 1.807) is 0 Å². The van der Waals surface area contributed by atoms with Crippen LogP contribution in [0, 0.1) is 0 Å². The van der Waals surface area contributed by atoms with E-state index in [-0.39, 0.29) is 0 Å². The number of benzene rings is 3. The van der Waals surface area contributed by atoms with E-state index < -0.39 is 12.0 Å². The number of carboxylic acid groups (broad SMARTS) is 1. The van der Waals surface area contributed by atoms with Gasteiger partial charge in [0.05, 0.1) is 5.52 Å². The summed E-state index contributed by atoms with van der Waals surface area (Å²) in [6.45, 7) is 0. The normalized spacial score (nSPS) is 12.2. The molecule has 4 aromatic rings. The van der Waals surface area contributed by atoms with Crippen LogP contribution >= 0.6 is 0 Å². The summed E-state index contributed by atoms with van der Waals surface area (Å²) < 4.78 is 2.09. The van der Waals surface area contributed by atoms with E-state index in [9.17, 15) is 4.79 Å². The van der Waals surface area contributed by atoms with Gasteiger partial charge in [0.15, 0.2) is 0 Å². The number of carboxylic acids is 1. The van der Waals surface area contributed by atoms with Gasteiger partial charge in [-0.2, -0.15) is 0 Å². The Kier molecular flexibility index (Phi) is 4.48. The predicted octanol–water partition coefficient (Wildman–Crippen LogP) is 4.25. The molecule has 0 saturated heterocycles. The van der Waals surface area contributed by atoms with Gasteiger partial charge in [0.2, 0.25) is 0 Å². The van der Waals surface area contributed by atoms with Crippen molar-refractivity contribution in [2.24, 2.45) is 5.73 Å². The molecule has 1 heterocycles. The number of carbonyl (C=O) groups is 1. The lowest BCUT2D eigenvalue weighted by atomic mass is 10.1. The number of nitrogens with zero attached hydrogens (tertiary/aromatic N) is 1. The zero-order valence-corrected chi connectivity index (χ0v) is 14.7. The van der Waals surface area contributed by atoms with Crippen molar-refractivity contribution >= 4 is 16.9 Å². The molecular weight excluding hydrogens is 336 g/mol. The second-order valence-electron chi connectivity index (χ2n) is 6.60. The van der Waals surface area contributed by atoms with Crippen LogP contribution in [0.2, 0.25) is 0 Å². The van der Waals surface area contributed by atoms with Gasteiger partial charge < -0.3 is 15.4 Å². The molecule has 0 amide bonds. The Bertz CT molecular complexity index is 1080. The van der Waals surface area contributed by atoms with Gasteiger partial charge in [-0.15, -0.1) is 0 Å². The average molecular weight is 356 g/mol. The van der Waals surface area contributed by atoms with E-state index in [1.165, 1.54) is 5.56 Å². The van der Waals surface area contributed by atoms with Gasteiger partial charge in [-0.05, 0) is 34.9 Å². The van der Waals surface area contributed by atoms with Gasteiger partial charge in [-0.1, -0.05) is 60.7 Å². The van der Waals surface area contributed by atoms with E-state index in [4.69, 9.17) is 10.8 Å². The van der Waals surface area contributed by atoms with Crippen molar-refractivity contribution in [3.8, 4) is 16.8 Å². The monoisotopic (exact) mass is 356 g/mol. The third-order valence-corrected chi connectivity index (χ3v) is 4.80. The van der Waals surface area contributed by atoms with Gasteiger partial charge in [0.25, 0.3) is 0 Å². The van der Waals surface area contributed by atoms with E-state index in [2.05, 4.69) is 41.0 Å². The van der Waals surface area contributed by atoms with E-state index in [1.807, 2.05) is 48.7 Å². The summed E-state index contributed by atoms with van der Waals surface area (Å²) in [5, 5.41) is 10.2. The number of fused-ring (bicyclic) bond motifs is 1. The van der Waals surface area contributed by atoms with Crippen molar-refractivity contribution in [3.05, 3.63) is 90.6 Å². The number of hydrogen-bond donors (Lipinski definition) is 2. The van der Waals surface area contributed by atoms with E-state index in [0.717, 1.165) is 27.7 Å². The number of rotatable bonds is 5. The van der Waals surface area contributed by atoms with Crippen molar-refractivity contribution in [2.75, 3.05) is 0 Å². The highest BCUT2D eigenvalue weighted by atomic mass is 16.4. The zero-order chi connectivity index (χ0) is 18.8. The standard InChI is InChI=1S/C23H20N2O2/c24-21(23(26)27)14-18-15-25(22-9-5-4-8-20(18)22)19-12-10-17(11-13-19)16-6-2-1-3-7-16/h1-13,15,21H,14,24H2,(H,26,27)/t21-/m0/s1. The van der Waals surface area contributed by atoms with E-state index >= 15 is 0 Å². The molecule has 0 radical (unpaired) electrons. The lowest BCUT2D eigenvalue weighted by molar-refractivity contribution is -0.138. The van der Waals surface area contributed by atoms with Crippen LogP contribution in [0.25, 0.3) is 27.7 Å². The van der Waals surface area contributed by atoms with Crippen LogP contribution < -0.4 is 5.73 Å². The molecule has 134 valence electrons. The molecule has 0 unspecified atom stereocenters. The largest absolute Gasteiger partial charge is 0.480 e. The minimum Gasteiger partial charge on any atom is -0.480 e. The summed E-state index contributed by atoms with van der Waals surface area (Å²) in [5.41, 5.74) is 11.1. The first-order chi connectivity index (χ1) is 13.1. The third kappa shape index (κ3) is 3.35. The van der Waals surface area contributed by atoms with Crippen molar-refractivity contribution in [3.63, 3.8) is 0 Å². The Balaban J connectivity index is 1.74. The van der Waals surface area contributed by atoms with Crippen LogP contribution in [-0.4, -0.2) is 21.7 Å². The molecule has 0 fully saturated rings. The molecule has 4 heteroatoms. The first-order valence-corrected chi connectivity index (χ1v) is 8.87. The molecule has 0 spiro atoms. The molecule has 0 aliphatic heterocycles. The maximum Gasteiger partial charge on any atom is 0.320 e. The zero-order valence-electron chi connectivity index (χ0n) is 14.7. The molecule has 27 heavy (non-hydrogen) atoms. The molecule has 0 saturated carbocycles. The molecule has 0 bridgehead atoms. The highest BCUT2D eigenvalue weighted by molar-refractivity contribution is 5.86. The van der Waals surface area contributed by atoms with Crippen molar-refractivity contribution in [1.82, 2.24) is 4.57 Å². The van der Waals surface area contributed by atoms with Crippen LogP contribution in [0.15, 0.2) is 85.1 Å². The average Bonchev–Trinajstić information content (AvgIpc) is 3.07. The molecule has 3 N–H and O–H groups in total. The summed E-state index contributed by atoms with van der Waals surface area (Å²) in [4.78, 5) is 11.2. The van der Waals surface area contributed by atoms with E-state index in [0.29, 0.717) is 6.42 Å². The number of hydrogen-bond acceptors (Lipinski definition) is 2. The van der Waals surface area contributed by atoms with Gasteiger partial charge >= 0.3 is 5.97 Å². The second-order valence-corrected chi connectivity index (χ2v) is 6.60. The Hall–Kier alpha value is -3.37. The van der Waals surface area contributed by atoms with Crippen LogP contribution in [0.3, 0.4) is 0 Å². The molecule has 1 atom stereocenters. The maximum atomic E-state index is 11.2. The van der Waals surface area contributed by atoms with Crippen LogP contribution in [0.5, 0.6) is 0 Å². The van der Waals surface area contributed by atoms with Crippen molar-refractivity contribution in [1.29, 1.82) is 0 Å². The quantitative estimate of drug-likeness (QED) is 0.562. The van der Waals surface area contributed by atoms with Crippen molar-refractivity contribution < 1.29 is 9.90 Å². The smallest absolute Gasteiger partial charge is 0.320 e. The summed E-state index contributed by atoms with van der Waals surface area (Å²) in [5.74, 6) is -0.987. The molecule has 1 aromatic heterocycles. The summed E-state index contributed by atoms with van der Waals surface area (Å²) in [6, 6.07) is 25.7. The fourth-order valence-electron chi connectivity index (χ4n) is 3.40. The molecular formula is C23H20N2O2. The highest BCUT2D eigenvalue weighted by Crippen LogP contribution is 2.27. The summed E-state index contributed by atoms with van der Waals surface area (Å²) in [7, 11) is 0. The Morgan fingerprint density at radius 3 is 2.22 bits per heavy atom. The van der Waals surface area contributed by atoms with Gasteiger partial charge in [-0.25, -0.2) is 0 Å². The number of aromatic nitrogens is 1. The highest BCUT2D eigenvalue weighted by Gasteiger charge is 2.17. The van der Waals surface area contributed by atoms with Gasteiger partial charge in [0.1, 0.15) is 6.04 Å². The first kappa shape index (κ1) is 17.1. The summed E-state index contributed by atoms with van der Waals surface area (Å²) in [6.07, 6.45) is 2.29. The number of aliphatic carboxylic acids is 1. The Labute approximate surface area is 157 Å². The fourth-order valence-corrected chi connectivity index (χ4v) is 3.40. The topological polar surface area (TPSA) is 68.2 Å². The number of nitrogens with two attached hydrogens (primary N) is 1. The number of para-hydroxylation sites is 1. The lowest BCUT2D eigenvalue weighted by Crippen LogP contribution is -2.32. The molecule has 4 rings (SSSR count). The van der Waals surface area contributed by atoms with Crippen molar-refractivity contribution in [2.45, 2.75) is 12.5 Å². The van der Waals surface area contributed by atoms with Crippen LogP contribution in [-0.2, 0) is 11.2 Å². The maximum absolute atomic E-state index is 11.2. The minimum atomic E-state index is -0.987. The van der Waals surface area contributed by atoms with Crippen LogP contribution in [0.1, 0.15) is 5.56 Å². The second kappa shape index (κ2) is 7.09. The SMILES string of the molecule is N[C@@H](Cc1cn(-c2ccc(-c3ccccc3)cc2)c2ccccc12)C(=O)O. The Morgan fingerprint density at radius 1 is 0.889 bits per heavy atom. The minimum absolute atomic E-state index is 0.297. The molecule has 3 aromatic carbocycles. The predicted molar refractivity (Wildman–Crippen MR) is 108 cm³/mol. The fraction of sp³-hybridized carbons (Fsp3) is 0.0870. The van der Waals surface area contributed by atoms with Gasteiger partial charge in [0, 0.05) is 23.7 Å². The summed E-state index contributed by atoms with van der Waals surface area (Å²) >= 11 is 0. The first-order valence-electron chi connectivity index (χ1n) is 8.87. The van der Waals surface area contributed by atoms with Gasteiger partial charge in [-0.3, -0.25) is 4.79 Å². The molecule has 0 aliphatic carbocycles. The third-order valence-electron chi connectivity index (χ3n) is 4.80. The Morgan fingerprint density at radius 2 is 1.52 bits per heavy atom. The molecule has 0 aliphatic rings. The molecule has 4 nitrogen and oxygen atoms in total.